The van der Waals surface area contributed by atoms with E-state index in [2.05, 4.69) is 5.32 Å². The lowest BCUT2D eigenvalue weighted by Crippen LogP contribution is -2.53. The molecule has 0 heterocycles. The highest BCUT2D eigenvalue weighted by molar-refractivity contribution is 7.92. The molecule has 1 unspecified atom stereocenters. The van der Waals surface area contributed by atoms with Gasteiger partial charge in [0.15, 0.2) is 11.5 Å². The van der Waals surface area contributed by atoms with Crippen molar-refractivity contribution in [2.75, 3.05) is 37.9 Å². The number of hydrogen-bond acceptors (Lipinski definition) is 6. The van der Waals surface area contributed by atoms with Crippen LogP contribution in [0.5, 0.6) is 11.5 Å². The van der Waals surface area contributed by atoms with Crippen LogP contribution in [-0.2, 0) is 32.6 Å². The van der Waals surface area contributed by atoms with Crippen LogP contribution >= 0.6 is 0 Å². The normalized spacial score (nSPS) is 11.8. The van der Waals surface area contributed by atoms with E-state index in [1.807, 2.05) is 68.4 Å². The molecule has 0 aromatic heterocycles. The zero-order chi connectivity index (χ0) is 29.3. The monoisotopic (exact) mass is 567 g/mol. The van der Waals surface area contributed by atoms with Crippen molar-refractivity contribution in [3.8, 4) is 11.5 Å². The van der Waals surface area contributed by atoms with Gasteiger partial charge in [-0.2, -0.15) is 0 Å². The molecular formula is C30H37N3O6S. The first-order chi connectivity index (χ1) is 19.1. The molecule has 0 radical (unpaired) electrons. The van der Waals surface area contributed by atoms with Gasteiger partial charge in [-0.25, -0.2) is 8.42 Å². The number of methoxy groups -OCH3 is 2. The van der Waals surface area contributed by atoms with Gasteiger partial charge >= 0.3 is 0 Å². The maximum atomic E-state index is 14.1. The van der Waals surface area contributed by atoms with Gasteiger partial charge in [0.05, 0.1) is 26.2 Å². The Bertz CT molecular complexity index is 1410. The second-order valence-electron chi connectivity index (χ2n) is 9.42. The van der Waals surface area contributed by atoms with Gasteiger partial charge < -0.3 is 19.7 Å². The van der Waals surface area contributed by atoms with Gasteiger partial charge in [0, 0.05) is 25.6 Å². The highest BCUT2D eigenvalue weighted by Crippen LogP contribution is 2.32. The third kappa shape index (κ3) is 7.98. The van der Waals surface area contributed by atoms with E-state index in [9.17, 15) is 18.0 Å². The molecule has 0 aliphatic heterocycles. The van der Waals surface area contributed by atoms with Gasteiger partial charge in [-0.1, -0.05) is 60.2 Å². The summed E-state index contributed by atoms with van der Waals surface area (Å²) in [5, 5.41) is 2.85. The molecule has 10 heteroatoms. The topological polar surface area (TPSA) is 105 Å². The van der Waals surface area contributed by atoms with E-state index in [4.69, 9.17) is 9.47 Å². The predicted molar refractivity (Wildman–Crippen MR) is 156 cm³/mol. The number of amides is 2. The molecule has 0 bridgehead atoms. The number of rotatable bonds is 13. The number of nitrogens with zero attached hydrogens (tertiary/aromatic N) is 2. The van der Waals surface area contributed by atoms with E-state index >= 15 is 0 Å². The van der Waals surface area contributed by atoms with Crippen molar-refractivity contribution < 1.29 is 27.5 Å². The molecular weight excluding hydrogens is 530 g/mol. The number of ether oxygens (including phenoxy) is 2. The number of nitrogens with one attached hydrogen (secondary N) is 1. The molecule has 2 amide bonds. The van der Waals surface area contributed by atoms with E-state index in [0.29, 0.717) is 18.0 Å². The third-order valence-corrected chi connectivity index (χ3v) is 7.53. The Morgan fingerprint density at radius 3 is 2.17 bits per heavy atom. The first-order valence-electron chi connectivity index (χ1n) is 12.9. The predicted octanol–water partition coefficient (Wildman–Crippen LogP) is 3.55. The lowest BCUT2D eigenvalue weighted by molar-refractivity contribution is -0.140. The van der Waals surface area contributed by atoms with Crippen molar-refractivity contribution in [1.29, 1.82) is 0 Å². The average Bonchev–Trinajstić information content (AvgIpc) is 2.93. The van der Waals surface area contributed by atoms with E-state index in [-0.39, 0.29) is 24.6 Å². The summed E-state index contributed by atoms with van der Waals surface area (Å²) in [4.78, 5) is 28.9. The summed E-state index contributed by atoms with van der Waals surface area (Å²) >= 11 is 0. The molecule has 9 nitrogen and oxygen atoms in total. The molecule has 3 aromatic rings. The quantitative estimate of drug-likeness (QED) is 0.339. The molecule has 0 spiro atoms. The summed E-state index contributed by atoms with van der Waals surface area (Å²) in [6.07, 6.45) is 1.30. The lowest BCUT2D eigenvalue weighted by Gasteiger charge is -2.33. The minimum Gasteiger partial charge on any atom is -0.493 e. The zero-order valence-corrected chi connectivity index (χ0v) is 24.4. The van der Waals surface area contributed by atoms with Crippen LogP contribution in [0.1, 0.15) is 23.6 Å². The minimum absolute atomic E-state index is 0.124. The molecule has 3 aromatic carbocycles. The maximum absolute atomic E-state index is 14.1. The van der Waals surface area contributed by atoms with Crippen LogP contribution in [-0.4, -0.2) is 64.7 Å². The fourth-order valence-electron chi connectivity index (χ4n) is 4.45. The van der Waals surface area contributed by atoms with E-state index in [1.165, 1.54) is 25.2 Å². The van der Waals surface area contributed by atoms with Gasteiger partial charge in [-0.3, -0.25) is 13.9 Å². The van der Waals surface area contributed by atoms with Gasteiger partial charge in [-0.15, -0.1) is 0 Å². The number of aryl methyl sites for hydroxylation is 1. The Hall–Kier alpha value is -4.05. The van der Waals surface area contributed by atoms with Crippen LogP contribution < -0.4 is 19.1 Å². The highest BCUT2D eigenvalue weighted by Gasteiger charge is 2.33. The summed E-state index contributed by atoms with van der Waals surface area (Å²) in [7, 11) is -0.972. The van der Waals surface area contributed by atoms with Crippen LogP contribution in [0.25, 0.3) is 0 Å². The Morgan fingerprint density at radius 2 is 1.57 bits per heavy atom. The summed E-state index contributed by atoms with van der Waals surface area (Å²) in [5.74, 6) is -0.0912. The third-order valence-electron chi connectivity index (χ3n) is 6.39. The highest BCUT2D eigenvalue weighted by atomic mass is 32.2. The summed E-state index contributed by atoms with van der Waals surface area (Å²) < 4.78 is 37.5. The van der Waals surface area contributed by atoms with Crippen molar-refractivity contribution >= 4 is 27.5 Å². The van der Waals surface area contributed by atoms with Crippen molar-refractivity contribution in [1.82, 2.24) is 10.2 Å². The van der Waals surface area contributed by atoms with Gasteiger partial charge in [0.25, 0.3) is 0 Å². The molecule has 1 N–H and O–H groups in total. The lowest BCUT2D eigenvalue weighted by atomic mass is 10.0. The van der Waals surface area contributed by atoms with Crippen LogP contribution in [0.3, 0.4) is 0 Å². The Balaban J connectivity index is 2.06. The SMILES string of the molecule is CCNC(=O)C(Cc1ccccc1)N(Cc1cccc(C)c1)C(=O)CN(c1ccc(OC)c(OC)c1)S(C)(=O)=O. The molecule has 214 valence electrons. The molecule has 0 fully saturated rings. The zero-order valence-electron chi connectivity index (χ0n) is 23.6. The van der Waals surface area contributed by atoms with Crippen molar-refractivity contribution in [2.24, 2.45) is 0 Å². The van der Waals surface area contributed by atoms with Crippen LogP contribution in [0.15, 0.2) is 72.8 Å². The smallest absolute Gasteiger partial charge is 0.244 e. The molecule has 0 saturated carbocycles. The molecule has 3 rings (SSSR count). The Kier molecular flexibility index (Phi) is 10.6. The van der Waals surface area contributed by atoms with Gasteiger partial charge in [-0.05, 0) is 37.1 Å². The fraction of sp³-hybridized carbons (Fsp3) is 0.333. The number of carbonyl (C=O) groups is 2. The molecule has 0 aliphatic carbocycles. The number of hydrogen-bond donors (Lipinski definition) is 1. The van der Waals surface area contributed by atoms with E-state index in [0.717, 1.165) is 27.3 Å². The fourth-order valence-corrected chi connectivity index (χ4v) is 5.29. The molecule has 1 atom stereocenters. The number of anilines is 1. The van der Waals surface area contributed by atoms with Crippen LogP contribution in [0.4, 0.5) is 5.69 Å². The van der Waals surface area contributed by atoms with Gasteiger partial charge in [0.2, 0.25) is 21.8 Å². The largest absolute Gasteiger partial charge is 0.493 e. The maximum Gasteiger partial charge on any atom is 0.244 e. The number of sulfonamides is 1. The Labute approximate surface area is 236 Å². The van der Waals surface area contributed by atoms with Crippen molar-refractivity contribution in [3.05, 3.63) is 89.5 Å². The van der Waals surface area contributed by atoms with Crippen molar-refractivity contribution in [3.63, 3.8) is 0 Å². The number of carbonyl (C=O) groups excluding carboxylic acids is 2. The van der Waals surface area contributed by atoms with E-state index < -0.39 is 28.5 Å². The second kappa shape index (κ2) is 13.8. The summed E-state index contributed by atoms with van der Waals surface area (Å²) in [5.41, 5.74) is 2.95. The average molecular weight is 568 g/mol. The van der Waals surface area contributed by atoms with Crippen LogP contribution in [0, 0.1) is 6.92 Å². The first-order valence-corrected chi connectivity index (χ1v) is 14.8. The molecule has 0 saturated heterocycles. The van der Waals surface area contributed by atoms with Gasteiger partial charge in [0.1, 0.15) is 12.6 Å². The number of likely N-dealkylation sites (N-methyl/N-ethyl adjacent to an activating group) is 1. The summed E-state index contributed by atoms with van der Waals surface area (Å²) in [6.45, 7) is 3.76. The standard InChI is InChI=1S/C30H37N3O6S/c1-6-31-30(35)26(18-23-12-8-7-9-13-23)32(20-24-14-10-11-22(2)17-24)29(34)21-33(40(5,36)37)25-15-16-27(38-3)28(19-25)39-4/h7-17,19,26H,6,18,20-21H2,1-5H3,(H,31,35). The number of benzene rings is 3. The van der Waals surface area contributed by atoms with Crippen molar-refractivity contribution in [2.45, 2.75) is 32.9 Å². The molecule has 0 aliphatic rings. The van der Waals surface area contributed by atoms with Crippen LogP contribution in [0.2, 0.25) is 0 Å². The first kappa shape index (κ1) is 30.5. The summed E-state index contributed by atoms with van der Waals surface area (Å²) in [6, 6.07) is 20.8. The Morgan fingerprint density at radius 1 is 0.900 bits per heavy atom. The minimum atomic E-state index is -3.90. The van der Waals surface area contributed by atoms with E-state index in [1.54, 1.807) is 12.1 Å². The molecule has 40 heavy (non-hydrogen) atoms. The second-order valence-corrected chi connectivity index (χ2v) is 11.3.